The molecule has 1 atom stereocenters. The standard InChI is InChI=1S/C7H15BrOS/c1-2-6-10(9)7-4-3-5-8/h2-7H2,1H3. The topological polar surface area (TPSA) is 17.1 Å². The molecule has 0 amide bonds. The van der Waals surface area contributed by atoms with Crippen LogP contribution >= 0.6 is 15.9 Å². The van der Waals surface area contributed by atoms with Crippen molar-refractivity contribution in [2.45, 2.75) is 26.2 Å². The fourth-order valence-electron chi connectivity index (χ4n) is 0.687. The van der Waals surface area contributed by atoms with Crippen molar-refractivity contribution in [2.24, 2.45) is 0 Å². The van der Waals surface area contributed by atoms with Gasteiger partial charge in [-0.2, -0.15) is 0 Å². The molecule has 0 bridgehead atoms. The lowest BCUT2D eigenvalue weighted by Crippen LogP contribution is -2.01. The first-order valence-electron chi connectivity index (χ1n) is 3.72. The van der Waals surface area contributed by atoms with Gasteiger partial charge in [-0.25, -0.2) is 0 Å². The summed E-state index contributed by atoms with van der Waals surface area (Å²) in [5, 5.41) is 1.04. The van der Waals surface area contributed by atoms with Crippen molar-refractivity contribution in [3.8, 4) is 0 Å². The van der Waals surface area contributed by atoms with Crippen molar-refractivity contribution in [1.82, 2.24) is 0 Å². The highest BCUT2D eigenvalue weighted by Crippen LogP contribution is 1.97. The van der Waals surface area contributed by atoms with E-state index in [1.54, 1.807) is 0 Å². The van der Waals surface area contributed by atoms with Crippen molar-refractivity contribution < 1.29 is 4.21 Å². The highest BCUT2D eigenvalue weighted by atomic mass is 79.9. The Labute approximate surface area is 74.2 Å². The minimum absolute atomic E-state index is 0.542. The van der Waals surface area contributed by atoms with Gasteiger partial charge in [-0.05, 0) is 19.3 Å². The van der Waals surface area contributed by atoms with Crippen LogP contribution in [-0.4, -0.2) is 21.0 Å². The number of rotatable bonds is 6. The van der Waals surface area contributed by atoms with Gasteiger partial charge in [0.15, 0.2) is 0 Å². The van der Waals surface area contributed by atoms with Gasteiger partial charge >= 0.3 is 0 Å². The molecule has 0 aromatic carbocycles. The number of halogens is 1. The quantitative estimate of drug-likeness (QED) is 0.502. The summed E-state index contributed by atoms with van der Waals surface area (Å²) in [6.07, 6.45) is 3.29. The summed E-state index contributed by atoms with van der Waals surface area (Å²) in [5.74, 6) is 1.77. The first kappa shape index (κ1) is 10.6. The molecule has 1 nitrogen and oxygen atoms in total. The molecule has 0 aromatic heterocycles. The number of hydrogen-bond acceptors (Lipinski definition) is 1. The summed E-state index contributed by atoms with van der Waals surface area (Å²) in [6, 6.07) is 0. The largest absolute Gasteiger partial charge is 0.260 e. The molecule has 1 unspecified atom stereocenters. The van der Waals surface area contributed by atoms with Gasteiger partial charge in [-0.1, -0.05) is 22.9 Å². The number of unbranched alkanes of at least 4 members (excludes halogenated alkanes) is 1. The van der Waals surface area contributed by atoms with Gasteiger partial charge in [0.1, 0.15) is 0 Å². The normalized spacial score (nSPS) is 13.4. The smallest absolute Gasteiger partial charge is 0.0235 e. The van der Waals surface area contributed by atoms with Crippen LogP contribution in [0.3, 0.4) is 0 Å². The molecule has 3 heteroatoms. The molecule has 0 radical (unpaired) electrons. The fourth-order valence-corrected chi connectivity index (χ4v) is 2.27. The Kier molecular flexibility index (Phi) is 8.22. The molecule has 0 rings (SSSR count). The van der Waals surface area contributed by atoms with Gasteiger partial charge in [-0.3, -0.25) is 4.21 Å². The van der Waals surface area contributed by atoms with Crippen LogP contribution in [0.25, 0.3) is 0 Å². The second-order valence-electron chi connectivity index (χ2n) is 2.24. The molecule has 0 heterocycles. The highest BCUT2D eigenvalue weighted by Gasteiger charge is 1.95. The minimum Gasteiger partial charge on any atom is -0.260 e. The Hall–Kier alpha value is 0.630. The van der Waals surface area contributed by atoms with E-state index in [2.05, 4.69) is 22.9 Å². The lowest BCUT2D eigenvalue weighted by atomic mass is 10.4. The zero-order chi connectivity index (χ0) is 7.82. The summed E-state index contributed by atoms with van der Waals surface area (Å²) in [7, 11) is -0.542. The maximum Gasteiger partial charge on any atom is 0.0235 e. The summed E-state index contributed by atoms with van der Waals surface area (Å²) in [5.41, 5.74) is 0. The van der Waals surface area contributed by atoms with Crippen LogP contribution in [0.15, 0.2) is 0 Å². The van der Waals surface area contributed by atoms with E-state index in [1.807, 2.05) is 0 Å². The molecule has 0 aliphatic heterocycles. The van der Waals surface area contributed by atoms with E-state index in [1.165, 1.54) is 0 Å². The summed E-state index contributed by atoms with van der Waals surface area (Å²) < 4.78 is 11.0. The summed E-state index contributed by atoms with van der Waals surface area (Å²) >= 11 is 3.34. The Morgan fingerprint density at radius 1 is 1.30 bits per heavy atom. The third-order valence-corrected chi connectivity index (χ3v) is 3.36. The van der Waals surface area contributed by atoms with Crippen molar-refractivity contribution in [1.29, 1.82) is 0 Å². The molecule has 0 spiro atoms. The predicted octanol–water partition coefficient (Wildman–Crippen LogP) is 2.32. The number of hydrogen-bond donors (Lipinski definition) is 0. The molecule has 0 aliphatic rings. The first-order chi connectivity index (χ1) is 4.81. The zero-order valence-electron chi connectivity index (χ0n) is 6.44. The SMILES string of the molecule is CCCS(=O)CCCCBr. The zero-order valence-corrected chi connectivity index (χ0v) is 8.84. The molecule has 0 saturated carbocycles. The van der Waals surface area contributed by atoms with Crippen LogP contribution in [0.1, 0.15) is 26.2 Å². The van der Waals surface area contributed by atoms with Crippen LogP contribution in [0, 0.1) is 0 Å². The first-order valence-corrected chi connectivity index (χ1v) is 6.33. The van der Waals surface area contributed by atoms with Crippen molar-refractivity contribution in [2.75, 3.05) is 16.8 Å². The lowest BCUT2D eigenvalue weighted by Gasteiger charge is -1.97. The molecular weight excluding hydrogens is 212 g/mol. The maximum absolute atomic E-state index is 11.0. The third-order valence-electron chi connectivity index (χ3n) is 1.19. The van der Waals surface area contributed by atoms with Crippen LogP contribution in [0.5, 0.6) is 0 Å². The fraction of sp³-hybridized carbons (Fsp3) is 1.00. The molecule has 0 aromatic rings. The van der Waals surface area contributed by atoms with Gasteiger partial charge in [0, 0.05) is 27.6 Å². The van der Waals surface area contributed by atoms with E-state index in [0.717, 1.165) is 36.1 Å². The lowest BCUT2D eigenvalue weighted by molar-refractivity contribution is 0.678. The Balaban J connectivity index is 3.05. The van der Waals surface area contributed by atoms with Crippen molar-refractivity contribution in [3.05, 3.63) is 0 Å². The third kappa shape index (κ3) is 6.75. The Bertz CT molecular complexity index is 95.6. The summed E-state index contributed by atoms with van der Waals surface area (Å²) in [4.78, 5) is 0. The van der Waals surface area contributed by atoms with Gasteiger partial charge < -0.3 is 0 Å². The second-order valence-corrected chi connectivity index (χ2v) is 4.73. The Morgan fingerprint density at radius 2 is 2.00 bits per heavy atom. The molecule has 0 fully saturated rings. The van der Waals surface area contributed by atoms with E-state index in [0.29, 0.717) is 0 Å². The van der Waals surface area contributed by atoms with E-state index in [-0.39, 0.29) is 0 Å². The average molecular weight is 227 g/mol. The minimum atomic E-state index is -0.542. The monoisotopic (exact) mass is 226 g/mol. The summed E-state index contributed by atoms with van der Waals surface area (Å²) in [6.45, 7) is 2.07. The molecular formula is C7H15BrOS. The van der Waals surface area contributed by atoms with Gasteiger partial charge in [-0.15, -0.1) is 0 Å². The van der Waals surface area contributed by atoms with Gasteiger partial charge in [0.05, 0.1) is 0 Å². The van der Waals surface area contributed by atoms with Crippen LogP contribution < -0.4 is 0 Å². The number of alkyl halides is 1. The van der Waals surface area contributed by atoms with E-state index < -0.39 is 10.8 Å². The molecule has 0 N–H and O–H groups in total. The van der Waals surface area contributed by atoms with Crippen molar-refractivity contribution >= 4 is 26.7 Å². The maximum atomic E-state index is 11.0. The second kappa shape index (κ2) is 7.73. The Morgan fingerprint density at radius 3 is 2.50 bits per heavy atom. The van der Waals surface area contributed by atoms with Crippen molar-refractivity contribution in [3.63, 3.8) is 0 Å². The molecule has 62 valence electrons. The van der Waals surface area contributed by atoms with Crippen LogP contribution in [-0.2, 0) is 10.8 Å². The average Bonchev–Trinajstić information content (AvgIpc) is 1.89. The van der Waals surface area contributed by atoms with E-state index in [9.17, 15) is 4.21 Å². The highest BCUT2D eigenvalue weighted by molar-refractivity contribution is 9.09. The van der Waals surface area contributed by atoms with Crippen LogP contribution in [0.4, 0.5) is 0 Å². The van der Waals surface area contributed by atoms with Gasteiger partial charge in [0.2, 0.25) is 0 Å². The predicted molar refractivity (Wildman–Crippen MR) is 51.2 cm³/mol. The molecule has 0 saturated heterocycles. The molecule has 10 heavy (non-hydrogen) atoms. The van der Waals surface area contributed by atoms with Crippen LogP contribution in [0.2, 0.25) is 0 Å². The molecule has 0 aliphatic carbocycles. The van der Waals surface area contributed by atoms with Gasteiger partial charge in [0.25, 0.3) is 0 Å². The van der Waals surface area contributed by atoms with E-state index >= 15 is 0 Å². The van der Waals surface area contributed by atoms with E-state index in [4.69, 9.17) is 0 Å².